The van der Waals surface area contributed by atoms with Gasteiger partial charge in [0, 0.05) is 45.5 Å². The molecule has 1 heterocycles. The fourth-order valence-corrected chi connectivity index (χ4v) is 11.8. The molecule has 3 heteroatoms. The molecule has 0 bridgehead atoms. The van der Waals surface area contributed by atoms with Crippen molar-refractivity contribution in [3.8, 4) is 56.0 Å². The number of ether oxygens (including phenoxy) is 1. The maximum absolute atomic E-state index is 7.04. The first-order valence-corrected chi connectivity index (χ1v) is 25.4. The van der Waals surface area contributed by atoms with Gasteiger partial charge in [0.1, 0.15) is 11.5 Å². The number of benzene rings is 12. The molecule has 0 aromatic heterocycles. The van der Waals surface area contributed by atoms with Crippen LogP contribution in [0, 0.1) is 0 Å². The summed E-state index contributed by atoms with van der Waals surface area (Å²) in [6.45, 7) is 0. The lowest BCUT2D eigenvalue weighted by atomic mass is 9.67. The Morgan fingerprint density at radius 1 is 0.257 bits per heavy atom. The summed E-state index contributed by atoms with van der Waals surface area (Å²) in [6.07, 6.45) is 0. The van der Waals surface area contributed by atoms with Crippen molar-refractivity contribution in [1.29, 1.82) is 0 Å². The molecule has 3 nitrogen and oxygen atoms in total. The molecule has 0 saturated heterocycles. The van der Waals surface area contributed by atoms with Gasteiger partial charge < -0.3 is 14.5 Å². The molecule has 0 saturated carbocycles. The average molecular weight is 945 g/mol. The summed E-state index contributed by atoms with van der Waals surface area (Å²) in [5, 5.41) is 2.21. The highest BCUT2D eigenvalue weighted by atomic mass is 16.5. The van der Waals surface area contributed by atoms with Crippen LogP contribution >= 0.6 is 0 Å². The summed E-state index contributed by atoms with van der Waals surface area (Å²) < 4.78 is 7.04. The summed E-state index contributed by atoms with van der Waals surface area (Å²) in [6, 6.07) is 106. The Labute approximate surface area is 432 Å². The van der Waals surface area contributed by atoms with Crippen molar-refractivity contribution >= 4 is 44.9 Å². The zero-order valence-corrected chi connectivity index (χ0v) is 40.5. The van der Waals surface area contributed by atoms with Gasteiger partial charge in [-0.3, -0.25) is 0 Å². The van der Waals surface area contributed by atoms with E-state index in [4.69, 9.17) is 4.74 Å². The minimum atomic E-state index is -0.551. The second kappa shape index (κ2) is 17.9. The van der Waals surface area contributed by atoms with Crippen molar-refractivity contribution < 1.29 is 4.74 Å². The van der Waals surface area contributed by atoms with Crippen LogP contribution in [0.3, 0.4) is 0 Å². The highest BCUT2D eigenvalue weighted by molar-refractivity contribution is 6.07. The van der Waals surface area contributed by atoms with Crippen molar-refractivity contribution in [2.24, 2.45) is 0 Å². The number of hydrogen-bond donors (Lipinski definition) is 0. The minimum Gasteiger partial charge on any atom is -0.456 e. The van der Waals surface area contributed by atoms with Crippen molar-refractivity contribution in [2.75, 3.05) is 9.80 Å². The fourth-order valence-electron chi connectivity index (χ4n) is 11.8. The highest BCUT2D eigenvalue weighted by Gasteiger charge is 2.46. The third-order valence-corrected chi connectivity index (χ3v) is 15.1. The maximum Gasteiger partial charge on any atom is 0.138 e. The lowest BCUT2D eigenvalue weighted by Crippen LogP contribution is -2.28. The molecular formula is C71H48N2O. The van der Waals surface area contributed by atoms with Gasteiger partial charge in [-0.05, 0) is 139 Å². The van der Waals surface area contributed by atoms with Crippen LogP contribution in [-0.4, -0.2) is 0 Å². The van der Waals surface area contributed by atoms with E-state index in [2.05, 4.69) is 301 Å². The Morgan fingerprint density at radius 2 is 0.716 bits per heavy atom. The first-order chi connectivity index (χ1) is 36.7. The molecule has 0 unspecified atom stereocenters. The summed E-state index contributed by atoms with van der Waals surface area (Å²) in [7, 11) is 0. The summed E-state index contributed by atoms with van der Waals surface area (Å²) in [5.74, 6) is 1.66. The van der Waals surface area contributed by atoms with Crippen LogP contribution in [0.5, 0.6) is 11.5 Å². The van der Waals surface area contributed by atoms with Gasteiger partial charge in [0.25, 0.3) is 0 Å². The van der Waals surface area contributed by atoms with Crippen LogP contribution in [0.4, 0.5) is 34.1 Å². The summed E-state index contributed by atoms with van der Waals surface area (Å²) in [4.78, 5) is 4.72. The number of hydrogen-bond acceptors (Lipinski definition) is 3. The number of anilines is 6. The van der Waals surface area contributed by atoms with Gasteiger partial charge in [-0.15, -0.1) is 0 Å². The zero-order valence-electron chi connectivity index (χ0n) is 40.5. The van der Waals surface area contributed by atoms with Crippen molar-refractivity contribution in [2.45, 2.75) is 5.41 Å². The molecule has 0 atom stereocenters. The molecule has 14 rings (SSSR count). The number of rotatable bonds is 10. The van der Waals surface area contributed by atoms with Gasteiger partial charge in [0.05, 0.1) is 11.1 Å². The van der Waals surface area contributed by atoms with E-state index in [0.717, 1.165) is 73.1 Å². The van der Waals surface area contributed by atoms with Crippen LogP contribution in [-0.2, 0) is 5.41 Å². The highest BCUT2D eigenvalue weighted by Crippen LogP contribution is 2.58. The molecular weight excluding hydrogens is 897 g/mol. The van der Waals surface area contributed by atoms with Crippen molar-refractivity contribution in [3.63, 3.8) is 0 Å². The van der Waals surface area contributed by atoms with Gasteiger partial charge in [-0.2, -0.15) is 0 Å². The lowest BCUT2D eigenvalue weighted by molar-refractivity contribution is 0.487. The molecule has 12 aromatic rings. The SMILES string of the molecule is c1ccc(-c2ccc(-c3ccc(N(c4ccc5c(c4)-c4cccc6cc(N(c7ccccc7)c7ccccc7)cc(c46)O5)c4ccc5c(c4)C(c4ccccc4)(c4ccccc4)c4ccccc4-5)cc3)cc2)cc1. The monoisotopic (exact) mass is 944 g/mol. The largest absolute Gasteiger partial charge is 0.456 e. The second-order valence-electron chi connectivity index (χ2n) is 19.2. The Morgan fingerprint density at radius 3 is 1.35 bits per heavy atom. The molecule has 1 aliphatic carbocycles. The van der Waals surface area contributed by atoms with E-state index in [9.17, 15) is 0 Å². The van der Waals surface area contributed by atoms with Crippen LogP contribution in [0.2, 0.25) is 0 Å². The molecule has 0 N–H and O–H groups in total. The molecule has 348 valence electrons. The van der Waals surface area contributed by atoms with E-state index in [1.807, 2.05) is 0 Å². The van der Waals surface area contributed by atoms with Gasteiger partial charge in [0.15, 0.2) is 0 Å². The molecule has 0 amide bonds. The maximum atomic E-state index is 7.04. The predicted octanol–water partition coefficient (Wildman–Crippen LogP) is 19.2. The molecule has 0 fully saturated rings. The van der Waals surface area contributed by atoms with Gasteiger partial charge in [0.2, 0.25) is 0 Å². The normalized spacial score (nSPS) is 12.5. The quantitative estimate of drug-likeness (QED) is 0.136. The molecule has 2 aliphatic rings. The molecule has 0 radical (unpaired) electrons. The zero-order chi connectivity index (χ0) is 49.0. The second-order valence-corrected chi connectivity index (χ2v) is 19.2. The lowest BCUT2D eigenvalue weighted by Gasteiger charge is -2.35. The van der Waals surface area contributed by atoms with E-state index in [1.54, 1.807) is 0 Å². The smallest absolute Gasteiger partial charge is 0.138 e. The van der Waals surface area contributed by atoms with Crippen molar-refractivity contribution in [3.05, 3.63) is 313 Å². The first kappa shape index (κ1) is 43.1. The fraction of sp³-hybridized carbons (Fsp3) is 0.0141. The van der Waals surface area contributed by atoms with E-state index >= 15 is 0 Å². The van der Waals surface area contributed by atoms with E-state index in [-0.39, 0.29) is 0 Å². The predicted molar refractivity (Wildman–Crippen MR) is 307 cm³/mol. The Kier molecular flexibility index (Phi) is 10.4. The van der Waals surface area contributed by atoms with E-state index < -0.39 is 5.41 Å². The van der Waals surface area contributed by atoms with Crippen LogP contribution in [0.1, 0.15) is 22.3 Å². The van der Waals surface area contributed by atoms with Crippen LogP contribution < -0.4 is 14.5 Å². The minimum absolute atomic E-state index is 0.551. The van der Waals surface area contributed by atoms with Gasteiger partial charge >= 0.3 is 0 Å². The van der Waals surface area contributed by atoms with Crippen LogP contribution in [0.15, 0.2) is 291 Å². The molecule has 74 heavy (non-hydrogen) atoms. The molecule has 1 aliphatic heterocycles. The number of fused-ring (bicyclic) bond motifs is 5. The topological polar surface area (TPSA) is 15.7 Å². The first-order valence-electron chi connectivity index (χ1n) is 25.4. The van der Waals surface area contributed by atoms with E-state index in [1.165, 1.54) is 50.1 Å². The Balaban J connectivity index is 0.929. The third-order valence-electron chi connectivity index (χ3n) is 15.1. The number of para-hydroxylation sites is 2. The Hall–Kier alpha value is -9.70. The van der Waals surface area contributed by atoms with E-state index in [0.29, 0.717) is 0 Å². The standard InChI is InChI=1S/C71H48N2O/c1-6-19-49(20-7-1)50-33-35-51(36-34-50)52-37-39-58(40-38-52)73(60-41-43-63-62-30-16-17-32-66(62)71(67(63)47-60,54-22-8-2-9-23-54)55-24-10-3-11-25-55)59-42-44-68-65(46-59)64-31-18-21-53-45-61(48-69(74-68)70(53)64)72(56-26-12-4-13-27-56)57-28-14-5-15-29-57/h1-48H. The number of nitrogens with zero attached hydrogens (tertiary/aromatic N) is 2. The van der Waals surface area contributed by atoms with Gasteiger partial charge in [-0.1, -0.05) is 212 Å². The van der Waals surface area contributed by atoms with Crippen LogP contribution in [0.25, 0.3) is 55.3 Å². The summed E-state index contributed by atoms with van der Waals surface area (Å²) in [5.41, 5.74) is 20.2. The van der Waals surface area contributed by atoms with Crippen molar-refractivity contribution in [1.82, 2.24) is 0 Å². The molecule has 0 spiro atoms. The molecule has 12 aromatic carbocycles. The third kappa shape index (κ3) is 7.12. The average Bonchev–Trinajstić information content (AvgIpc) is 3.78. The Bertz CT molecular complexity index is 3930. The summed E-state index contributed by atoms with van der Waals surface area (Å²) >= 11 is 0. The van der Waals surface area contributed by atoms with Gasteiger partial charge in [-0.25, -0.2) is 0 Å².